The van der Waals surface area contributed by atoms with E-state index >= 15 is 0 Å². The number of ether oxygens (including phenoxy) is 1. The summed E-state index contributed by atoms with van der Waals surface area (Å²) in [5.41, 5.74) is 8.54. The number of likely N-dealkylation sites (tertiary alicyclic amines) is 1. The molecule has 0 saturated carbocycles. The van der Waals surface area contributed by atoms with Crippen LogP contribution in [-0.4, -0.2) is 54.2 Å². The molecule has 0 atom stereocenters. The van der Waals surface area contributed by atoms with E-state index in [1.165, 1.54) is 11.1 Å². The van der Waals surface area contributed by atoms with E-state index in [9.17, 15) is 4.79 Å². The van der Waals surface area contributed by atoms with Crippen molar-refractivity contribution in [2.75, 3.05) is 38.2 Å². The summed E-state index contributed by atoms with van der Waals surface area (Å²) in [7, 11) is 2.19. The molecule has 4 heterocycles. The van der Waals surface area contributed by atoms with Crippen molar-refractivity contribution < 1.29 is 26.5 Å². The monoisotopic (exact) mass is 555 g/mol. The molecule has 1 saturated heterocycles. The lowest BCUT2D eigenvalue weighted by Crippen LogP contribution is -3.00. The van der Waals surface area contributed by atoms with E-state index in [0.29, 0.717) is 23.8 Å². The number of carbonyl (C=O) groups excluding carboxylic acids is 1. The first kappa shape index (κ1) is 26.5. The number of carbonyl (C=O) groups is 1. The van der Waals surface area contributed by atoms with Crippen LogP contribution in [0.2, 0.25) is 0 Å². The summed E-state index contributed by atoms with van der Waals surface area (Å²) >= 11 is 0. The van der Waals surface area contributed by atoms with Crippen LogP contribution in [0, 0.1) is 13.8 Å². The van der Waals surface area contributed by atoms with Crippen LogP contribution in [0.4, 0.5) is 5.69 Å². The van der Waals surface area contributed by atoms with Crippen molar-refractivity contribution in [2.24, 2.45) is 0 Å². The normalized spacial score (nSPS) is 17.3. The zero-order valence-corrected chi connectivity index (χ0v) is 23.8. The molecule has 1 fully saturated rings. The standard InChI is InChI=1S/C32H32N4O3.ClH/c1-20-16-25(30-33-21(2)39-34-30)8-9-26(20)22-4-6-23(7-5-22)31(37)36-13-10-24-17-29-27(18-28(24)36)32(19-38-29)11-14-35(3)15-12-32;/h4-9,16-18H,10-15,19H2,1-3H3;1H/p-1. The van der Waals surface area contributed by atoms with Gasteiger partial charge in [-0.15, -0.1) is 0 Å². The molecular weight excluding hydrogens is 524 g/mol. The average Bonchev–Trinajstić information content (AvgIpc) is 3.66. The van der Waals surface area contributed by atoms with Gasteiger partial charge in [-0.1, -0.05) is 29.4 Å². The fourth-order valence-electron chi connectivity index (χ4n) is 6.40. The van der Waals surface area contributed by atoms with Crippen molar-refractivity contribution in [1.82, 2.24) is 15.0 Å². The molecule has 0 bridgehead atoms. The van der Waals surface area contributed by atoms with Crippen molar-refractivity contribution in [3.8, 4) is 28.3 Å². The SMILES string of the molecule is Cc1nc(-c2ccc(-c3ccc(C(=O)N4CCc5cc6c(cc54)C4(CCN(C)CC4)CO6)cc3)c(C)c2)no1.[Cl-]. The number of piperidine rings is 1. The van der Waals surface area contributed by atoms with E-state index in [1.807, 2.05) is 35.2 Å². The quantitative estimate of drug-likeness (QED) is 0.387. The third-order valence-electron chi connectivity index (χ3n) is 8.80. The van der Waals surface area contributed by atoms with Crippen molar-refractivity contribution in [2.45, 2.75) is 38.5 Å². The first-order valence-electron chi connectivity index (χ1n) is 13.7. The topological polar surface area (TPSA) is 71.7 Å². The molecule has 0 N–H and O–H groups in total. The van der Waals surface area contributed by atoms with Gasteiger partial charge in [0, 0.05) is 41.3 Å². The Kier molecular flexibility index (Phi) is 6.67. The fourth-order valence-corrected chi connectivity index (χ4v) is 6.40. The second kappa shape index (κ2) is 10.1. The van der Waals surface area contributed by atoms with Crippen LogP contribution in [0.15, 0.2) is 59.1 Å². The van der Waals surface area contributed by atoms with Crippen molar-refractivity contribution in [3.05, 3.63) is 82.7 Å². The van der Waals surface area contributed by atoms with E-state index in [1.54, 1.807) is 6.92 Å². The Morgan fingerprint density at radius 3 is 2.40 bits per heavy atom. The van der Waals surface area contributed by atoms with Gasteiger partial charge in [-0.25, -0.2) is 0 Å². The summed E-state index contributed by atoms with van der Waals surface area (Å²) in [5, 5.41) is 4.02. The third-order valence-corrected chi connectivity index (χ3v) is 8.80. The zero-order chi connectivity index (χ0) is 26.7. The highest BCUT2D eigenvalue weighted by Gasteiger charge is 2.44. The number of hydrogen-bond donors (Lipinski definition) is 0. The molecule has 1 amide bonds. The fraction of sp³-hybridized carbons (Fsp3) is 0.344. The van der Waals surface area contributed by atoms with Crippen LogP contribution in [0.25, 0.3) is 22.5 Å². The number of fused-ring (bicyclic) bond motifs is 3. The van der Waals surface area contributed by atoms with Crippen LogP contribution < -0.4 is 22.0 Å². The lowest BCUT2D eigenvalue weighted by Gasteiger charge is -2.37. The smallest absolute Gasteiger partial charge is 0.258 e. The number of amides is 1. The molecule has 1 spiro atoms. The minimum atomic E-state index is 0. The van der Waals surface area contributed by atoms with Gasteiger partial charge in [0.1, 0.15) is 5.75 Å². The van der Waals surface area contributed by atoms with Gasteiger partial charge < -0.3 is 31.5 Å². The second-order valence-electron chi connectivity index (χ2n) is 11.3. The number of nitrogens with zero attached hydrogens (tertiary/aromatic N) is 4. The van der Waals surface area contributed by atoms with Crippen molar-refractivity contribution >= 4 is 11.6 Å². The predicted molar refractivity (Wildman–Crippen MR) is 150 cm³/mol. The molecular formula is C32H32ClN4O3-. The molecule has 1 aromatic heterocycles. The van der Waals surface area contributed by atoms with Gasteiger partial charge in [0.15, 0.2) is 0 Å². The van der Waals surface area contributed by atoms with E-state index in [-0.39, 0.29) is 23.7 Å². The van der Waals surface area contributed by atoms with E-state index in [2.05, 4.69) is 53.3 Å². The van der Waals surface area contributed by atoms with Crippen LogP contribution >= 0.6 is 0 Å². The maximum atomic E-state index is 13.7. The third kappa shape index (κ3) is 4.38. The minimum Gasteiger partial charge on any atom is -1.00 e. The lowest BCUT2D eigenvalue weighted by atomic mass is 9.74. The first-order valence-corrected chi connectivity index (χ1v) is 13.7. The molecule has 3 aromatic carbocycles. The van der Waals surface area contributed by atoms with E-state index in [4.69, 9.17) is 9.26 Å². The Hall–Kier alpha value is -3.68. The first-order chi connectivity index (χ1) is 18.9. The lowest BCUT2D eigenvalue weighted by molar-refractivity contribution is -0.0000164. The summed E-state index contributed by atoms with van der Waals surface area (Å²) in [6.07, 6.45) is 3.05. The summed E-state index contributed by atoms with van der Waals surface area (Å²) < 4.78 is 11.3. The Morgan fingerprint density at radius 1 is 0.950 bits per heavy atom. The molecule has 3 aliphatic rings. The van der Waals surface area contributed by atoms with Gasteiger partial charge in [-0.05, 0) is 98.9 Å². The summed E-state index contributed by atoms with van der Waals surface area (Å²) in [4.78, 5) is 22.4. The molecule has 8 heteroatoms. The van der Waals surface area contributed by atoms with Gasteiger partial charge in [0.2, 0.25) is 11.7 Å². The molecule has 3 aliphatic heterocycles. The summed E-state index contributed by atoms with van der Waals surface area (Å²) in [6, 6.07) is 18.6. The number of benzene rings is 3. The van der Waals surface area contributed by atoms with Crippen LogP contribution in [0.3, 0.4) is 0 Å². The van der Waals surface area contributed by atoms with Crippen LogP contribution in [0.5, 0.6) is 5.75 Å². The highest BCUT2D eigenvalue weighted by atomic mass is 35.5. The zero-order valence-electron chi connectivity index (χ0n) is 23.0. The second-order valence-corrected chi connectivity index (χ2v) is 11.3. The molecule has 0 unspecified atom stereocenters. The number of halogens is 1. The van der Waals surface area contributed by atoms with Crippen molar-refractivity contribution in [1.29, 1.82) is 0 Å². The summed E-state index contributed by atoms with van der Waals surface area (Å²) in [6.45, 7) is 7.47. The molecule has 4 aromatic rings. The van der Waals surface area contributed by atoms with Gasteiger partial charge >= 0.3 is 0 Å². The maximum Gasteiger partial charge on any atom is 0.258 e. The number of hydrogen-bond acceptors (Lipinski definition) is 6. The van der Waals surface area contributed by atoms with Gasteiger partial charge in [0.05, 0.1) is 6.61 Å². The van der Waals surface area contributed by atoms with Gasteiger partial charge in [0.25, 0.3) is 5.91 Å². The highest BCUT2D eigenvalue weighted by molar-refractivity contribution is 6.07. The number of aromatic nitrogens is 2. The van der Waals surface area contributed by atoms with Gasteiger partial charge in [-0.3, -0.25) is 4.79 Å². The number of rotatable bonds is 3. The van der Waals surface area contributed by atoms with Crippen molar-refractivity contribution in [3.63, 3.8) is 0 Å². The Balaban J connectivity index is 0.00000289. The predicted octanol–water partition coefficient (Wildman–Crippen LogP) is 2.58. The maximum absolute atomic E-state index is 13.7. The molecule has 40 heavy (non-hydrogen) atoms. The molecule has 0 radical (unpaired) electrons. The highest BCUT2D eigenvalue weighted by Crippen LogP contribution is 2.49. The van der Waals surface area contributed by atoms with Crippen LogP contribution in [0.1, 0.15) is 45.8 Å². The average molecular weight is 556 g/mol. The minimum absolute atomic E-state index is 0. The molecule has 0 aliphatic carbocycles. The van der Waals surface area contributed by atoms with Gasteiger partial charge in [-0.2, -0.15) is 4.98 Å². The Morgan fingerprint density at radius 2 is 1.70 bits per heavy atom. The van der Waals surface area contributed by atoms with E-state index < -0.39 is 0 Å². The molecule has 206 valence electrons. The summed E-state index contributed by atoms with van der Waals surface area (Å²) in [5.74, 6) is 2.21. The Bertz CT molecular complexity index is 1590. The largest absolute Gasteiger partial charge is 1.00 e. The number of aryl methyl sites for hydroxylation is 2. The number of anilines is 1. The van der Waals surface area contributed by atoms with Crippen LogP contribution in [-0.2, 0) is 11.8 Å². The molecule has 7 nitrogen and oxygen atoms in total. The Labute approximate surface area is 240 Å². The molecule has 7 rings (SSSR count). The van der Waals surface area contributed by atoms with E-state index in [0.717, 1.165) is 72.6 Å².